The van der Waals surface area contributed by atoms with Crippen LogP contribution in [0.4, 0.5) is 5.82 Å². The van der Waals surface area contributed by atoms with Gasteiger partial charge in [0.05, 0.1) is 4.47 Å². The van der Waals surface area contributed by atoms with Crippen molar-refractivity contribution in [3.8, 4) is 0 Å². The summed E-state index contributed by atoms with van der Waals surface area (Å²) in [6.07, 6.45) is 3.69. The second-order valence-corrected chi connectivity index (χ2v) is 4.92. The van der Waals surface area contributed by atoms with Crippen LogP contribution in [0.3, 0.4) is 0 Å². The second kappa shape index (κ2) is 4.57. The van der Waals surface area contributed by atoms with Gasteiger partial charge in [0, 0.05) is 24.5 Å². The molecule has 0 saturated carbocycles. The van der Waals surface area contributed by atoms with Gasteiger partial charge in [-0.05, 0) is 21.8 Å². The summed E-state index contributed by atoms with van der Waals surface area (Å²) >= 11 is 6.74. The zero-order valence-electron chi connectivity index (χ0n) is 7.86. The predicted molar refractivity (Wildman–Crippen MR) is 64.0 cm³/mol. The third-order valence-electron chi connectivity index (χ3n) is 2.33. The summed E-state index contributed by atoms with van der Waals surface area (Å²) in [4.78, 5) is 21.4. The Morgan fingerprint density at radius 1 is 1.60 bits per heavy atom. The average molecular weight is 335 g/mol. The lowest BCUT2D eigenvalue weighted by Crippen LogP contribution is -2.26. The summed E-state index contributed by atoms with van der Waals surface area (Å²) in [6.45, 7) is 0.722. The Morgan fingerprint density at radius 2 is 2.40 bits per heavy atom. The number of halogens is 2. The van der Waals surface area contributed by atoms with E-state index >= 15 is 0 Å². The molecule has 0 bridgehead atoms. The van der Waals surface area contributed by atoms with Crippen molar-refractivity contribution >= 4 is 43.6 Å². The van der Waals surface area contributed by atoms with Crippen LogP contribution in [-0.2, 0) is 4.79 Å². The largest absolute Gasteiger partial charge is 0.295 e. The van der Waals surface area contributed by atoms with E-state index in [9.17, 15) is 4.79 Å². The zero-order valence-corrected chi connectivity index (χ0v) is 11.0. The van der Waals surface area contributed by atoms with E-state index in [1.54, 1.807) is 11.1 Å². The molecule has 0 spiro atoms. The van der Waals surface area contributed by atoms with Crippen molar-refractivity contribution in [2.45, 2.75) is 6.42 Å². The molecule has 1 aliphatic heterocycles. The molecule has 1 amide bonds. The molecule has 0 N–H and O–H groups in total. The second-order valence-electron chi connectivity index (χ2n) is 3.42. The van der Waals surface area contributed by atoms with E-state index in [2.05, 4.69) is 41.8 Å². The van der Waals surface area contributed by atoms with Crippen LogP contribution >= 0.6 is 31.9 Å². The molecule has 1 aromatic heterocycles. The highest BCUT2D eigenvalue weighted by Gasteiger charge is 2.31. The van der Waals surface area contributed by atoms with E-state index in [-0.39, 0.29) is 5.91 Å². The Kier molecular flexibility index (Phi) is 3.35. The van der Waals surface area contributed by atoms with E-state index in [0.717, 1.165) is 16.3 Å². The Labute approximate surface area is 104 Å². The van der Waals surface area contributed by atoms with Gasteiger partial charge >= 0.3 is 0 Å². The van der Waals surface area contributed by atoms with Crippen LogP contribution in [0.15, 0.2) is 17.0 Å². The minimum Gasteiger partial charge on any atom is -0.295 e. The topological polar surface area (TPSA) is 46.1 Å². The molecular formula is C9H9Br2N3O. The molecule has 1 saturated heterocycles. The average Bonchev–Trinajstić information content (AvgIpc) is 2.60. The Hall–Kier alpha value is -0.490. The first-order valence-corrected chi connectivity index (χ1v) is 6.45. The van der Waals surface area contributed by atoms with Crippen LogP contribution in [0.25, 0.3) is 0 Å². The molecule has 4 nitrogen and oxygen atoms in total. The van der Waals surface area contributed by atoms with Gasteiger partial charge in [-0.3, -0.25) is 9.69 Å². The normalized spacial score (nSPS) is 21.1. The van der Waals surface area contributed by atoms with Crippen molar-refractivity contribution in [3.05, 3.63) is 17.0 Å². The summed E-state index contributed by atoms with van der Waals surface area (Å²) < 4.78 is 0.758. The number of nitrogens with zero attached hydrogens (tertiary/aromatic N) is 3. The van der Waals surface area contributed by atoms with Crippen LogP contribution in [0.5, 0.6) is 0 Å². The number of alkyl halides is 1. The summed E-state index contributed by atoms with van der Waals surface area (Å²) in [7, 11) is 0. The standard InChI is InChI=1S/C9H9Br2N3O/c10-2-6-1-8(15)14(4-6)9-7(11)3-12-5-13-9/h3,5-6H,1-2,4H2. The van der Waals surface area contributed by atoms with E-state index in [4.69, 9.17) is 0 Å². The van der Waals surface area contributed by atoms with Crippen LogP contribution in [0, 0.1) is 5.92 Å². The number of carbonyl (C=O) groups is 1. The van der Waals surface area contributed by atoms with Crippen molar-refractivity contribution < 1.29 is 4.79 Å². The highest BCUT2D eigenvalue weighted by atomic mass is 79.9. The summed E-state index contributed by atoms with van der Waals surface area (Å²) in [6, 6.07) is 0. The molecule has 1 fully saturated rings. The van der Waals surface area contributed by atoms with Gasteiger partial charge in [0.25, 0.3) is 0 Å². The van der Waals surface area contributed by atoms with Crippen LogP contribution in [-0.4, -0.2) is 27.7 Å². The number of hydrogen-bond acceptors (Lipinski definition) is 3. The summed E-state index contributed by atoms with van der Waals surface area (Å²) in [5.74, 6) is 1.16. The lowest BCUT2D eigenvalue weighted by atomic mass is 10.2. The Balaban J connectivity index is 2.25. The molecule has 1 unspecified atom stereocenters. The van der Waals surface area contributed by atoms with Crippen molar-refractivity contribution in [1.29, 1.82) is 0 Å². The Bertz CT molecular complexity index is 385. The van der Waals surface area contributed by atoms with Crippen molar-refractivity contribution in [1.82, 2.24) is 9.97 Å². The lowest BCUT2D eigenvalue weighted by molar-refractivity contribution is -0.117. The quantitative estimate of drug-likeness (QED) is 0.777. The van der Waals surface area contributed by atoms with Gasteiger partial charge in [0.2, 0.25) is 5.91 Å². The van der Waals surface area contributed by atoms with Crippen LogP contribution in [0.2, 0.25) is 0 Å². The highest BCUT2D eigenvalue weighted by molar-refractivity contribution is 9.10. The fourth-order valence-corrected chi connectivity index (χ4v) is 2.46. The van der Waals surface area contributed by atoms with E-state index < -0.39 is 0 Å². The maximum Gasteiger partial charge on any atom is 0.228 e. The summed E-state index contributed by atoms with van der Waals surface area (Å²) in [5.41, 5.74) is 0. The number of hydrogen-bond donors (Lipinski definition) is 0. The first-order valence-electron chi connectivity index (χ1n) is 4.54. The molecule has 15 heavy (non-hydrogen) atoms. The van der Waals surface area contributed by atoms with Gasteiger partial charge in [-0.25, -0.2) is 9.97 Å². The van der Waals surface area contributed by atoms with E-state index in [1.165, 1.54) is 6.33 Å². The number of carbonyl (C=O) groups excluding carboxylic acids is 1. The number of rotatable bonds is 2. The maximum atomic E-state index is 11.7. The molecule has 2 heterocycles. The first kappa shape index (κ1) is 11.0. The molecule has 80 valence electrons. The van der Waals surface area contributed by atoms with Crippen molar-refractivity contribution in [3.63, 3.8) is 0 Å². The van der Waals surface area contributed by atoms with E-state index in [0.29, 0.717) is 18.2 Å². The van der Waals surface area contributed by atoms with Gasteiger partial charge in [0.15, 0.2) is 5.82 Å². The third-order valence-corrected chi connectivity index (χ3v) is 3.80. The van der Waals surface area contributed by atoms with Crippen molar-refractivity contribution in [2.75, 3.05) is 16.8 Å². The molecule has 6 heteroatoms. The SMILES string of the molecule is O=C1CC(CBr)CN1c1ncncc1Br. The predicted octanol–water partition coefficient (Wildman–Crippen LogP) is 1.99. The van der Waals surface area contributed by atoms with E-state index in [1.807, 2.05) is 0 Å². The van der Waals surface area contributed by atoms with Crippen LogP contribution < -0.4 is 4.90 Å². The van der Waals surface area contributed by atoms with Gasteiger partial charge in [-0.1, -0.05) is 15.9 Å². The maximum absolute atomic E-state index is 11.7. The molecular weight excluding hydrogens is 326 g/mol. The lowest BCUT2D eigenvalue weighted by Gasteiger charge is -2.15. The van der Waals surface area contributed by atoms with Gasteiger partial charge < -0.3 is 0 Å². The molecule has 0 aromatic carbocycles. The molecule has 1 aliphatic rings. The fourth-order valence-electron chi connectivity index (χ4n) is 1.59. The monoisotopic (exact) mass is 333 g/mol. The Morgan fingerprint density at radius 3 is 3.00 bits per heavy atom. The summed E-state index contributed by atoms with van der Waals surface area (Å²) in [5, 5.41) is 0.845. The minimum atomic E-state index is 0.124. The highest BCUT2D eigenvalue weighted by Crippen LogP contribution is 2.29. The van der Waals surface area contributed by atoms with Gasteiger partial charge in [0.1, 0.15) is 6.33 Å². The zero-order chi connectivity index (χ0) is 10.8. The minimum absolute atomic E-state index is 0.124. The number of anilines is 1. The van der Waals surface area contributed by atoms with Gasteiger partial charge in [-0.2, -0.15) is 0 Å². The molecule has 1 aromatic rings. The third kappa shape index (κ3) is 2.20. The van der Waals surface area contributed by atoms with Crippen molar-refractivity contribution in [2.24, 2.45) is 5.92 Å². The molecule has 0 radical (unpaired) electrons. The van der Waals surface area contributed by atoms with Gasteiger partial charge in [-0.15, -0.1) is 0 Å². The number of aromatic nitrogens is 2. The van der Waals surface area contributed by atoms with Crippen LogP contribution in [0.1, 0.15) is 6.42 Å². The molecule has 0 aliphatic carbocycles. The fraction of sp³-hybridized carbons (Fsp3) is 0.444. The first-order chi connectivity index (χ1) is 7.22. The number of amides is 1. The smallest absolute Gasteiger partial charge is 0.228 e. The molecule has 2 rings (SSSR count). The molecule has 1 atom stereocenters.